The van der Waals surface area contributed by atoms with E-state index in [-0.39, 0.29) is 11.3 Å². The quantitative estimate of drug-likeness (QED) is 0.477. The van der Waals surface area contributed by atoms with Crippen LogP contribution in [-0.2, 0) is 0 Å². The van der Waals surface area contributed by atoms with E-state index >= 15 is 0 Å². The zero-order chi connectivity index (χ0) is 13.7. The predicted octanol–water partition coefficient (Wildman–Crippen LogP) is 3.08. The first-order valence-corrected chi connectivity index (χ1v) is 5.58. The van der Waals surface area contributed by atoms with Crippen molar-refractivity contribution >= 4 is 11.9 Å². The summed E-state index contributed by atoms with van der Waals surface area (Å²) in [5.74, 6) is 0.442. The van der Waals surface area contributed by atoms with Gasteiger partial charge >= 0.3 is 0 Å². The van der Waals surface area contributed by atoms with Gasteiger partial charge in [0.1, 0.15) is 17.4 Å². The predicted molar refractivity (Wildman–Crippen MR) is 69.6 cm³/mol. The maximum Gasteiger partial charge on any atom is 0.238 e. The van der Waals surface area contributed by atoms with Crippen LogP contribution in [0.3, 0.4) is 0 Å². The highest BCUT2D eigenvalue weighted by molar-refractivity contribution is 6.12. The molecule has 1 aromatic heterocycles. The molecule has 0 aliphatic rings. The van der Waals surface area contributed by atoms with Crippen molar-refractivity contribution < 1.29 is 13.9 Å². The van der Waals surface area contributed by atoms with Gasteiger partial charge in [0, 0.05) is 0 Å². The summed E-state index contributed by atoms with van der Waals surface area (Å²) in [6, 6.07) is 12.1. The van der Waals surface area contributed by atoms with Crippen LogP contribution in [0, 0.1) is 11.3 Å². The summed E-state index contributed by atoms with van der Waals surface area (Å²) in [6.45, 7) is 0. The number of nitrogens with zero attached hydrogens (tertiary/aromatic N) is 1. The standard InChI is InChI=1S/C15H11NO3/c1-18-13-6-4-11(5-7-13)9-12(10-16)15(17)14-3-2-8-19-14/h2-9H,1H3/b12-9+. The normalized spacial score (nSPS) is 10.8. The van der Waals surface area contributed by atoms with E-state index in [1.54, 1.807) is 37.4 Å². The van der Waals surface area contributed by atoms with Gasteiger partial charge in [0.25, 0.3) is 0 Å². The third kappa shape index (κ3) is 2.90. The summed E-state index contributed by atoms with van der Waals surface area (Å²) in [7, 11) is 1.58. The second-order valence-electron chi connectivity index (χ2n) is 3.75. The van der Waals surface area contributed by atoms with Crippen molar-refractivity contribution in [2.24, 2.45) is 0 Å². The lowest BCUT2D eigenvalue weighted by atomic mass is 10.1. The average molecular weight is 253 g/mol. The van der Waals surface area contributed by atoms with Crippen molar-refractivity contribution in [3.8, 4) is 11.8 Å². The van der Waals surface area contributed by atoms with Gasteiger partial charge in [0.05, 0.1) is 13.4 Å². The number of nitriles is 1. The van der Waals surface area contributed by atoms with Gasteiger partial charge < -0.3 is 9.15 Å². The Labute approximate surface area is 110 Å². The number of hydrogen-bond donors (Lipinski definition) is 0. The molecule has 0 radical (unpaired) electrons. The number of furan rings is 1. The Balaban J connectivity index is 2.28. The van der Waals surface area contributed by atoms with E-state index in [2.05, 4.69) is 0 Å². The molecule has 0 aliphatic heterocycles. The molecule has 1 heterocycles. The number of rotatable bonds is 4. The number of Topliss-reactive ketones (excluding diaryl/α,β-unsaturated/α-hetero) is 1. The van der Waals surface area contributed by atoms with Crippen molar-refractivity contribution in [2.75, 3.05) is 7.11 Å². The van der Waals surface area contributed by atoms with Crippen LogP contribution >= 0.6 is 0 Å². The Bertz CT molecular complexity index is 631. The molecule has 2 rings (SSSR count). The first-order chi connectivity index (χ1) is 9.24. The zero-order valence-electron chi connectivity index (χ0n) is 10.3. The number of methoxy groups -OCH3 is 1. The fourth-order valence-corrected chi connectivity index (χ4v) is 1.56. The lowest BCUT2D eigenvalue weighted by Crippen LogP contribution is -1.99. The Morgan fingerprint density at radius 1 is 1.32 bits per heavy atom. The van der Waals surface area contributed by atoms with E-state index in [4.69, 9.17) is 14.4 Å². The fourth-order valence-electron chi connectivity index (χ4n) is 1.56. The fraction of sp³-hybridized carbons (Fsp3) is 0.0667. The number of hydrogen-bond acceptors (Lipinski definition) is 4. The summed E-state index contributed by atoms with van der Waals surface area (Å²) >= 11 is 0. The Kier molecular flexibility index (Phi) is 3.79. The molecule has 19 heavy (non-hydrogen) atoms. The van der Waals surface area contributed by atoms with Gasteiger partial charge in [-0.25, -0.2) is 0 Å². The Hall–Kier alpha value is -2.80. The highest BCUT2D eigenvalue weighted by Crippen LogP contribution is 2.16. The first kappa shape index (κ1) is 12.7. The van der Waals surface area contributed by atoms with Gasteiger partial charge in [0.2, 0.25) is 5.78 Å². The monoisotopic (exact) mass is 253 g/mol. The molecule has 0 bridgehead atoms. The Morgan fingerprint density at radius 2 is 2.05 bits per heavy atom. The molecule has 0 atom stereocenters. The zero-order valence-corrected chi connectivity index (χ0v) is 10.3. The largest absolute Gasteiger partial charge is 0.497 e. The summed E-state index contributed by atoms with van der Waals surface area (Å²) in [4.78, 5) is 12.0. The third-order valence-electron chi connectivity index (χ3n) is 2.54. The van der Waals surface area contributed by atoms with E-state index in [9.17, 15) is 4.79 Å². The topological polar surface area (TPSA) is 63.2 Å². The number of allylic oxidation sites excluding steroid dienone is 1. The summed E-state index contributed by atoms with van der Waals surface area (Å²) in [6.07, 6.45) is 2.92. The molecule has 1 aromatic carbocycles. The molecule has 0 N–H and O–H groups in total. The van der Waals surface area contributed by atoms with Gasteiger partial charge in [-0.1, -0.05) is 12.1 Å². The number of carbonyl (C=O) groups excluding carboxylic acids is 1. The second kappa shape index (κ2) is 5.69. The van der Waals surface area contributed by atoms with E-state index in [0.717, 1.165) is 5.56 Å². The van der Waals surface area contributed by atoms with E-state index in [1.165, 1.54) is 18.4 Å². The van der Waals surface area contributed by atoms with Gasteiger partial charge in [-0.05, 0) is 35.9 Å². The van der Waals surface area contributed by atoms with Crippen molar-refractivity contribution in [2.45, 2.75) is 0 Å². The molecule has 0 fully saturated rings. The maximum atomic E-state index is 12.0. The van der Waals surface area contributed by atoms with Crippen molar-refractivity contribution in [3.05, 3.63) is 59.6 Å². The molecule has 0 spiro atoms. The van der Waals surface area contributed by atoms with Gasteiger partial charge in [-0.3, -0.25) is 4.79 Å². The van der Waals surface area contributed by atoms with Gasteiger partial charge in [0.15, 0.2) is 5.76 Å². The smallest absolute Gasteiger partial charge is 0.238 e. The molecule has 0 aliphatic carbocycles. The third-order valence-corrected chi connectivity index (χ3v) is 2.54. The van der Waals surface area contributed by atoms with E-state index in [0.29, 0.717) is 5.75 Å². The average Bonchev–Trinajstić information content (AvgIpc) is 2.99. The van der Waals surface area contributed by atoms with Gasteiger partial charge in [-0.15, -0.1) is 0 Å². The van der Waals surface area contributed by atoms with Crippen molar-refractivity contribution in [3.63, 3.8) is 0 Å². The summed E-state index contributed by atoms with van der Waals surface area (Å²) < 4.78 is 10.0. The van der Waals surface area contributed by atoms with Crippen LogP contribution in [0.1, 0.15) is 16.1 Å². The van der Waals surface area contributed by atoms with E-state index in [1.807, 2.05) is 6.07 Å². The Morgan fingerprint density at radius 3 is 2.58 bits per heavy atom. The van der Waals surface area contributed by atoms with Crippen LogP contribution in [0.4, 0.5) is 0 Å². The minimum atomic E-state index is -0.427. The lowest BCUT2D eigenvalue weighted by molar-refractivity contribution is 0.101. The lowest BCUT2D eigenvalue weighted by Gasteiger charge is -2.00. The molecule has 0 unspecified atom stereocenters. The molecular weight excluding hydrogens is 242 g/mol. The molecular formula is C15H11NO3. The molecule has 4 nitrogen and oxygen atoms in total. The van der Waals surface area contributed by atoms with Crippen LogP contribution in [0.5, 0.6) is 5.75 Å². The SMILES string of the molecule is COc1ccc(/C=C(\C#N)C(=O)c2ccco2)cc1. The molecule has 0 amide bonds. The summed E-state index contributed by atoms with van der Waals surface area (Å²) in [5.41, 5.74) is 0.775. The first-order valence-electron chi connectivity index (χ1n) is 5.58. The number of ether oxygens (including phenoxy) is 1. The van der Waals surface area contributed by atoms with Crippen LogP contribution in [0.2, 0.25) is 0 Å². The number of ketones is 1. The maximum absolute atomic E-state index is 12.0. The second-order valence-corrected chi connectivity index (χ2v) is 3.75. The van der Waals surface area contributed by atoms with Crippen LogP contribution in [0.25, 0.3) is 6.08 Å². The van der Waals surface area contributed by atoms with Crippen molar-refractivity contribution in [1.29, 1.82) is 5.26 Å². The molecule has 0 saturated carbocycles. The molecule has 2 aromatic rings. The van der Waals surface area contributed by atoms with Gasteiger partial charge in [-0.2, -0.15) is 5.26 Å². The number of benzene rings is 1. The minimum absolute atomic E-state index is 0.0279. The molecule has 94 valence electrons. The minimum Gasteiger partial charge on any atom is -0.497 e. The van der Waals surface area contributed by atoms with Crippen LogP contribution < -0.4 is 4.74 Å². The number of carbonyl (C=O) groups is 1. The van der Waals surface area contributed by atoms with E-state index < -0.39 is 5.78 Å². The summed E-state index contributed by atoms with van der Waals surface area (Å²) in [5, 5.41) is 9.05. The highest BCUT2D eigenvalue weighted by atomic mass is 16.5. The van der Waals surface area contributed by atoms with Crippen LogP contribution in [-0.4, -0.2) is 12.9 Å². The highest BCUT2D eigenvalue weighted by Gasteiger charge is 2.14. The molecule has 0 saturated heterocycles. The van der Waals surface area contributed by atoms with Crippen LogP contribution in [0.15, 0.2) is 52.7 Å². The van der Waals surface area contributed by atoms with Crippen molar-refractivity contribution in [1.82, 2.24) is 0 Å². The molecule has 4 heteroatoms.